The summed E-state index contributed by atoms with van der Waals surface area (Å²) < 4.78 is 22.1. The van der Waals surface area contributed by atoms with Crippen molar-refractivity contribution in [1.29, 1.82) is 0 Å². The van der Waals surface area contributed by atoms with Crippen molar-refractivity contribution in [3.05, 3.63) is 81.9 Å². The second-order valence-electron chi connectivity index (χ2n) is 6.95. The second kappa shape index (κ2) is 8.83. The Morgan fingerprint density at radius 1 is 1.06 bits per heavy atom. The molecule has 8 heteroatoms. The number of ether oxygens (including phenoxy) is 2. The van der Waals surface area contributed by atoms with Gasteiger partial charge < -0.3 is 23.4 Å². The third kappa shape index (κ3) is 4.63. The Bertz CT molecular complexity index is 1220. The fraction of sp³-hybridized carbons (Fsp3) is 0.217. The standard InChI is InChI=1S/C23H22N2O6/c1-14-17(24-22(30-14)16-6-4-3-5-7-16)13-29-18-10-8-15(12-20(18)28-2)9-11-19-21(26)25-23(27)31-19/h3-8,10,12,26H,9,11,13H2,1-2H3,(H,25,27). The number of benzene rings is 2. The Morgan fingerprint density at radius 3 is 2.58 bits per heavy atom. The van der Waals surface area contributed by atoms with Crippen LogP contribution in [0.3, 0.4) is 0 Å². The number of oxazole rings is 2. The van der Waals surface area contributed by atoms with Crippen molar-refractivity contribution < 1.29 is 23.4 Å². The van der Waals surface area contributed by atoms with E-state index >= 15 is 0 Å². The Kier molecular flexibility index (Phi) is 5.79. The average Bonchev–Trinajstić information content (AvgIpc) is 3.32. The van der Waals surface area contributed by atoms with Gasteiger partial charge in [-0.3, -0.25) is 4.98 Å². The lowest BCUT2D eigenvalue weighted by Gasteiger charge is -2.11. The number of aromatic amines is 1. The smallest absolute Gasteiger partial charge is 0.419 e. The van der Waals surface area contributed by atoms with E-state index in [0.29, 0.717) is 41.7 Å². The maximum atomic E-state index is 11.1. The number of aromatic hydroxyl groups is 1. The predicted molar refractivity (Wildman–Crippen MR) is 112 cm³/mol. The molecule has 2 N–H and O–H groups in total. The number of hydrogen-bond donors (Lipinski definition) is 2. The Balaban J connectivity index is 1.43. The predicted octanol–water partition coefficient (Wildman–Crippen LogP) is 4.01. The number of nitrogens with zero attached hydrogens (tertiary/aromatic N) is 1. The van der Waals surface area contributed by atoms with Gasteiger partial charge in [-0.2, -0.15) is 0 Å². The second-order valence-corrected chi connectivity index (χ2v) is 6.95. The summed E-state index contributed by atoms with van der Waals surface area (Å²) in [6.07, 6.45) is 0.919. The summed E-state index contributed by atoms with van der Waals surface area (Å²) in [4.78, 5) is 17.9. The molecule has 8 nitrogen and oxygen atoms in total. The highest BCUT2D eigenvalue weighted by Gasteiger charge is 2.14. The maximum absolute atomic E-state index is 11.1. The van der Waals surface area contributed by atoms with Gasteiger partial charge in [-0.05, 0) is 43.2 Å². The van der Waals surface area contributed by atoms with Gasteiger partial charge in [0.05, 0.1) is 7.11 Å². The molecule has 2 aromatic carbocycles. The van der Waals surface area contributed by atoms with Crippen LogP contribution in [0.15, 0.2) is 62.2 Å². The zero-order valence-corrected chi connectivity index (χ0v) is 17.2. The number of nitrogens with one attached hydrogen (secondary N) is 1. The fourth-order valence-electron chi connectivity index (χ4n) is 3.18. The van der Waals surface area contributed by atoms with Crippen LogP contribution >= 0.6 is 0 Å². The Labute approximate surface area is 178 Å². The van der Waals surface area contributed by atoms with E-state index in [2.05, 4.69) is 9.97 Å². The van der Waals surface area contributed by atoms with Crippen LogP contribution in [-0.4, -0.2) is 22.2 Å². The minimum atomic E-state index is -0.674. The molecule has 2 heterocycles. The minimum Gasteiger partial charge on any atom is -0.493 e. The Hall–Kier alpha value is -3.94. The molecule has 31 heavy (non-hydrogen) atoms. The van der Waals surface area contributed by atoms with Crippen LogP contribution in [0.25, 0.3) is 11.5 Å². The first kappa shape index (κ1) is 20.3. The van der Waals surface area contributed by atoms with Gasteiger partial charge in [0.15, 0.2) is 17.3 Å². The van der Waals surface area contributed by atoms with Gasteiger partial charge in [0, 0.05) is 12.0 Å². The first-order chi connectivity index (χ1) is 15.0. The van der Waals surface area contributed by atoms with Crippen LogP contribution in [-0.2, 0) is 19.4 Å². The third-order valence-corrected chi connectivity index (χ3v) is 4.85. The summed E-state index contributed by atoms with van der Waals surface area (Å²) in [6.45, 7) is 2.09. The molecule has 0 unspecified atom stereocenters. The molecule has 0 spiro atoms. The summed E-state index contributed by atoms with van der Waals surface area (Å²) in [5.74, 6) is 1.70. The zero-order chi connectivity index (χ0) is 21.8. The first-order valence-corrected chi connectivity index (χ1v) is 9.76. The molecule has 160 valence electrons. The van der Waals surface area contributed by atoms with E-state index in [-0.39, 0.29) is 18.2 Å². The van der Waals surface area contributed by atoms with Crippen molar-refractivity contribution in [2.75, 3.05) is 7.11 Å². The van der Waals surface area contributed by atoms with E-state index in [4.69, 9.17) is 18.3 Å². The lowest BCUT2D eigenvalue weighted by atomic mass is 10.1. The quantitative estimate of drug-likeness (QED) is 0.441. The molecule has 0 bridgehead atoms. The van der Waals surface area contributed by atoms with Gasteiger partial charge >= 0.3 is 5.76 Å². The molecule has 2 aromatic heterocycles. The molecule has 0 aliphatic rings. The molecular weight excluding hydrogens is 400 g/mol. The molecule has 0 saturated carbocycles. The summed E-state index contributed by atoms with van der Waals surface area (Å²) in [5.41, 5.74) is 2.56. The highest BCUT2D eigenvalue weighted by molar-refractivity contribution is 5.53. The number of rotatable bonds is 8. The van der Waals surface area contributed by atoms with E-state index in [1.54, 1.807) is 7.11 Å². The largest absolute Gasteiger partial charge is 0.493 e. The van der Waals surface area contributed by atoms with E-state index in [1.165, 1.54) is 0 Å². The molecule has 0 aliphatic carbocycles. The van der Waals surface area contributed by atoms with Crippen molar-refractivity contribution in [1.82, 2.24) is 9.97 Å². The van der Waals surface area contributed by atoms with E-state index in [1.807, 2.05) is 55.5 Å². The van der Waals surface area contributed by atoms with Crippen molar-refractivity contribution in [2.45, 2.75) is 26.4 Å². The number of H-pyrrole nitrogens is 1. The summed E-state index contributed by atoms with van der Waals surface area (Å²) in [7, 11) is 1.57. The molecule has 0 radical (unpaired) electrons. The SMILES string of the molecule is COc1cc(CCc2oc(=O)[nH]c2O)ccc1OCc1nc(-c2ccccc2)oc1C. The monoisotopic (exact) mass is 422 g/mol. The molecule has 0 fully saturated rings. The minimum absolute atomic E-state index is 0.222. The van der Waals surface area contributed by atoms with Crippen LogP contribution in [0.1, 0.15) is 22.8 Å². The Morgan fingerprint density at radius 2 is 1.87 bits per heavy atom. The molecule has 0 aliphatic heterocycles. The lowest BCUT2D eigenvalue weighted by Crippen LogP contribution is -2.00. The van der Waals surface area contributed by atoms with E-state index in [9.17, 15) is 9.90 Å². The lowest BCUT2D eigenvalue weighted by molar-refractivity contribution is 0.279. The normalized spacial score (nSPS) is 10.9. The van der Waals surface area contributed by atoms with Crippen molar-refractivity contribution >= 4 is 0 Å². The molecule has 0 saturated heterocycles. The topological polar surface area (TPSA) is 111 Å². The summed E-state index contributed by atoms with van der Waals surface area (Å²) >= 11 is 0. The van der Waals surface area contributed by atoms with Crippen LogP contribution < -0.4 is 15.2 Å². The van der Waals surface area contributed by atoms with Gasteiger partial charge in [-0.1, -0.05) is 24.3 Å². The van der Waals surface area contributed by atoms with Crippen molar-refractivity contribution in [3.8, 4) is 28.8 Å². The average molecular weight is 422 g/mol. The first-order valence-electron chi connectivity index (χ1n) is 9.76. The molecular formula is C23H22N2O6. The highest BCUT2D eigenvalue weighted by atomic mass is 16.5. The summed E-state index contributed by atoms with van der Waals surface area (Å²) in [6, 6.07) is 15.2. The maximum Gasteiger partial charge on any atom is 0.419 e. The zero-order valence-electron chi connectivity index (χ0n) is 17.2. The van der Waals surface area contributed by atoms with Crippen molar-refractivity contribution in [2.24, 2.45) is 0 Å². The van der Waals surface area contributed by atoms with E-state index < -0.39 is 5.76 Å². The van der Waals surface area contributed by atoms with E-state index in [0.717, 1.165) is 11.1 Å². The molecule has 4 rings (SSSR count). The number of aromatic nitrogens is 2. The highest BCUT2D eigenvalue weighted by Crippen LogP contribution is 2.30. The van der Waals surface area contributed by atoms with Crippen LogP contribution in [0, 0.1) is 6.92 Å². The third-order valence-electron chi connectivity index (χ3n) is 4.85. The van der Waals surface area contributed by atoms with Gasteiger partial charge in [0.2, 0.25) is 11.8 Å². The fourth-order valence-corrected chi connectivity index (χ4v) is 3.18. The van der Waals surface area contributed by atoms with Crippen LogP contribution in [0.4, 0.5) is 0 Å². The number of methoxy groups -OCH3 is 1. The van der Waals surface area contributed by atoms with Crippen LogP contribution in [0.5, 0.6) is 17.4 Å². The summed E-state index contributed by atoms with van der Waals surface area (Å²) in [5, 5.41) is 9.62. The number of hydrogen-bond acceptors (Lipinski definition) is 7. The molecule has 0 atom stereocenters. The molecule has 0 amide bonds. The van der Waals surface area contributed by atoms with Gasteiger partial charge in [-0.25, -0.2) is 9.78 Å². The van der Waals surface area contributed by atoms with Crippen molar-refractivity contribution in [3.63, 3.8) is 0 Å². The molecule has 4 aromatic rings. The van der Waals surface area contributed by atoms with Gasteiger partial charge in [0.25, 0.3) is 0 Å². The van der Waals surface area contributed by atoms with Gasteiger partial charge in [0.1, 0.15) is 18.1 Å². The van der Waals surface area contributed by atoms with Crippen LogP contribution in [0.2, 0.25) is 0 Å². The number of aryl methyl sites for hydroxylation is 3. The van der Waals surface area contributed by atoms with Gasteiger partial charge in [-0.15, -0.1) is 0 Å².